The Morgan fingerprint density at radius 1 is 1.21 bits per heavy atom. The molecule has 0 saturated carbocycles. The summed E-state index contributed by atoms with van der Waals surface area (Å²) in [5.74, 6) is -0.558. The summed E-state index contributed by atoms with van der Waals surface area (Å²) < 4.78 is 12.8. The largest absolute Gasteiger partial charge is 0.491 e. The number of aryl methyl sites for hydroxylation is 1. The maximum atomic E-state index is 12.6. The van der Waals surface area contributed by atoms with Crippen molar-refractivity contribution in [2.45, 2.75) is 40.2 Å². The van der Waals surface area contributed by atoms with Gasteiger partial charge >= 0.3 is 5.97 Å². The number of rotatable bonds is 7. The molecule has 0 atom stereocenters. The number of fused-ring (bicyclic) bond motifs is 1. The standard InChI is InChI=1S/C22H26N2O5/c1-4-10-23-15(2)12-17(16(23)3)19(25)14-29-22(27)13-24-18-7-5-6-8-20(18)28-11-9-21(24)26/h5-8,12H,4,9-11,13-14H2,1-3H3. The van der Waals surface area contributed by atoms with E-state index in [-0.39, 0.29) is 37.9 Å². The molecule has 1 aliphatic rings. The smallest absolute Gasteiger partial charge is 0.326 e. The number of aromatic nitrogens is 1. The number of Topliss-reactive ketones (excluding diaryl/α,β-unsaturated/α-hetero) is 1. The van der Waals surface area contributed by atoms with Crippen molar-refractivity contribution in [1.29, 1.82) is 0 Å². The fraction of sp³-hybridized carbons (Fsp3) is 0.409. The van der Waals surface area contributed by atoms with Gasteiger partial charge in [0.15, 0.2) is 6.61 Å². The summed E-state index contributed by atoms with van der Waals surface area (Å²) in [6.07, 6.45) is 1.14. The van der Waals surface area contributed by atoms with Gasteiger partial charge in [0, 0.05) is 23.5 Å². The molecular weight excluding hydrogens is 372 g/mol. The summed E-state index contributed by atoms with van der Waals surface area (Å²) >= 11 is 0. The number of benzene rings is 1. The fourth-order valence-corrected chi connectivity index (χ4v) is 3.54. The van der Waals surface area contributed by atoms with Crippen LogP contribution in [-0.4, -0.2) is 42.0 Å². The van der Waals surface area contributed by atoms with Crippen molar-refractivity contribution in [3.63, 3.8) is 0 Å². The minimum Gasteiger partial charge on any atom is -0.491 e. The molecule has 7 nitrogen and oxygen atoms in total. The zero-order valence-electron chi connectivity index (χ0n) is 17.1. The third kappa shape index (κ3) is 4.50. The second-order valence-electron chi connectivity index (χ2n) is 7.07. The van der Waals surface area contributed by atoms with Crippen LogP contribution in [0.1, 0.15) is 41.5 Å². The molecule has 0 N–H and O–H groups in total. The minimum absolute atomic E-state index is 0.171. The van der Waals surface area contributed by atoms with Crippen LogP contribution in [-0.2, 0) is 20.9 Å². The summed E-state index contributed by atoms with van der Waals surface area (Å²) in [4.78, 5) is 38.7. The van der Waals surface area contributed by atoms with Gasteiger partial charge in [-0.15, -0.1) is 0 Å². The summed E-state index contributed by atoms with van der Waals surface area (Å²) in [7, 11) is 0. The van der Waals surface area contributed by atoms with Crippen LogP contribution in [0, 0.1) is 13.8 Å². The monoisotopic (exact) mass is 398 g/mol. The van der Waals surface area contributed by atoms with Crippen molar-refractivity contribution >= 4 is 23.3 Å². The number of carbonyl (C=O) groups excluding carboxylic acids is 3. The fourth-order valence-electron chi connectivity index (χ4n) is 3.54. The van der Waals surface area contributed by atoms with E-state index in [9.17, 15) is 14.4 Å². The molecule has 0 saturated heterocycles. The average Bonchev–Trinajstić information content (AvgIpc) is 2.89. The first kappa shape index (κ1) is 20.6. The molecule has 2 aromatic rings. The Labute approximate surface area is 170 Å². The highest BCUT2D eigenvalue weighted by Gasteiger charge is 2.26. The number of hydrogen-bond acceptors (Lipinski definition) is 5. The summed E-state index contributed by atoms with van der Waals surface area (Å²) in [5, 5.41) is 0. The minimum atomic E-state index is -0.634. The van der Waals surface area contributed by atoms with Gasteiger partial charge in [0.1, 0.15) is 12.3 Å². The Morgan fingerprint density at radius 3 is 2.72 bits per heavy atom. The van der Waals surface area contributed by atoms with Crippen molar-refractivity contribution in [3.8, 4) is 5.75 Å². The first-order chi connectivity index (χ1) is 13.9. The van der Waals surface area contributed by atoms with Gasteiger partial charge in [-0.3, -0.25) is 19.3 Å². The second-order valence-corrected chi connectivity index (χ2v) is 7.07. The van der Waals surface area contributed by atoms with Crippen LogP contribution < -0.4 is 9.64 Å². The number of anilines is 1. The van der Waals surface area contributed by atoms with E-state index >= 15 is 0 Å². The highest BCUT2D eigenvalue weighted by Crippen LogP contribution is 2.30. The third-order valence-corrected chi connectivity index (χ3v) is 5.00. The third-order valence-electron chi connectivity index (χ3n) is 5.00. The van der Waals surface area contributed by atoms with Gasteiger partial charge in [-0.05, 0) is 38.5 Å². The van der Waals surface area contributed by atoms with E-state index in [0.29, 0.717) is 17.0 Å². The normalized spacial score (nSPS) is 13.5. The van der Waals surface area contributed by atoms with Crippen LogP contribution in [0.2, 0.25) is 0 Å². The predicted octanol–water partition coefficient (Wildman–Crippen LogP) is 3.06. The lowest BCUT2D eigenvalue weighted by atomic mass is 10.1. The average molecular weight is 398 g/mol. The summed E-state index contributed by atoms with van der Waals surface area (Å²) in [6.45, 7) is 6.41. The molecular formula is C22H26N2O5. The molecule has 1 aliphatic heterocycles. The Balaban J connectivity index is 1.65. The SMILES string of the molecule is CCCn1c(C)cc(C(=O)COC(=O)CN2C(=O)CCOc3ccccc32)c1C. The number of carbonyl (C=O) groups is 3. The van der Waals surface area contributed by atoms with Crippen LogP contribution in [0.5, 0.6) is 5.75 Å². The number of para-hydroxylation sites is 2. The first-order valence-electron chi connectivity index (χ1n) is 9.80. The van der Waals surface area contributed by atoms with Crippen molar-refractivity contribution in [2.24, 2.45) is 0 Å². The number of nitrogens with zero attached hydrogens (tertiary/aromatic N) is 2. The van der Waals surface area contributed by atoms with Crippen molar-refractivity contribution < 1.29 is 23.9 Å². The van der Waals surface area contributed by atoms with Crippen LogP contribution in [0.4, 0.5) is 5.69 Å². The molecule has 154 valence electrons. The number of amides is 1. The van der Waals surface area contributed by atoms with E-state index < -0.39 is 5.97 Å². The Kier molecular flexibility index (Phi) is 6.36. The molecule has 7 heteroatoms. The van der Waals surface area contributed by atoms with Gasteiger partial charge in [-0.1, -0.05) is 19.1 Å². The van der Waals surface area contributed by atoms with Gasteiger partial charge in [0.25, 0.3) is 0 Å². The van der Waals surface area contributed by atoms with E-state index in [1.807, 2.05) is 19.9 Å². The molecule has 1 aromatic carbocycles. The Morgan fingerprint density at radius 2 is 1.97 bits per heavy atom. The second kappa shape index (κ2) is 8.94. The lowest BCUT2D eigenvalue weighted by Gasteiger charge is -2.20. The molecule has 3 rings (SSSR count). The molecule has 0 unspecified atom stereocenters. The van der Waals surface area contributed by atoms with E-state index in [4.69, 9.17) is 9.47 Å². The highest BCUT2D eigenvalue weighted by molar-refractivity contribution is 6.01. The Bertz CT molecular complexity index is 931. The summed E-state index contributed by atoms with van der Waals surface area (Å²) in [5.41, 5.74) is 2.97. The first-order valence-corrected chi connectivity index (χ1v) is 9.80. The zero-order chi connectivity index (χ0) is 21.0. The van der Waals surface area contributed by atoms with Crippen LogP contribution in [0.3, 0.4) is 0 Å². The van der Waals surface area contributed by atoms with Gasteiger partial charge < -0.3 is 14.0 Å². The molecule has 0 spiro atoms. The Hall–Kier alpha value is -3.09. The predicted molar refractivity (Wildman–Crippen MR) is 108 cm³/mol. The number of ether oxygens (including phenoxy) is 2. The zero-order valence-corrected chi connectivity index (χ0v) is 17.1. The molecule has 0 aliphatic carbocycles. The van der Waals surface area contributed by atoms with E-state index in [0.717, 1.165) is 24.4 Å². The molecule has 0 fully saturated rings. The summed E-state index contributed by atoms with van der Waals surface area (Å²) in [6, 6.07) is 8.88. The van der Waals surface area contributed by atoms with Crippen molar-refractivity contribution in [3.05, 3.63) is 47.3 Å². The molecule has 29 heavy (non-hydrogen) atoms. The van der Waals surface area contributed by atoms with Gasteiger partial charge in [0.05, 0.1) is 18.7 Å². The maximum Gasteiger partial charge on any atom is 0.326 e. The molecule has 0 bridgehead atoms. The van der Waals surface area contributed by atoms with Gasteiger partial charge in [-0.25, -0.2) is 0 Å². The molecule has 1 amide bonds. The van der Waals surface area contributed by atoms with Crippen LogP contribution in [0.25, 0.3) is 0 Å². The maximum absolute atomic E-state index is 12.6. The lowest BCUT2D eigenvalue weighted by molar-refractivity contribution is -0.141. The van der Waals surface area contributed by atoms with E-state index in [1.54, 1.807) is 24.3 Å². The quantitative estimate of drug-likeness (QED) is 0.529. The van der Waals surface area contributed by atoms with E-state index in [1.165, 1.54) is 4.90 Å². The molecule has 0 radical (unpaired) electrons. The number of hydrogen-bond donors (Lipinski definition) is 0. The number of esters is 1. The van der Waals surface area contributed by atoms with Crippen LogP contribution in [0.15, 0.2) is 30.3 Å². The lowest BCUT2D eigenvalue weighted by Crippen LogP contribution is -2.36. The van der Waals surface area contributed by atoms with Crippen LogP contribution >= 0.6 is 0 Å². The highest BCUT2D eigenvalue weighted by atomic mass is 16.5. The van der Waals surface area contributed by atoms with Gasteiger partial charge in [-0.2, -0.15) is 0 Å². The molecule has 2 heterocycles. The number of ketones is 1. The van der Waals surface area contributed by atoms with E-state index in [2.05, 4.69) is 11.5 Å². The van der Waals surface area contributed by atoms with Gasteiger partial charge in [0.2, 0.25) is 11.7 Å². The molecule has 1 aromatic heterocycles. The topological polar surface area (TPSA) is 77.8 Å². The van der Waals surface area contributed by atoms with Crippen molar-refractivity contribution in [2.75, 3.05) is 24.7 Å². The van der Waals surface area contributed by atoms with Crippen molar-refractivity contribution in [1.82, 2.24) is 4.57 Å².